The van der Waals surface area contributed by atoms with Crippen molar-refractivity contribution in [3.8, 4) is 11.3 Å². The number of amides is 2. The SMILES string of the molecule is Cc1cc(NC(=O)[C@H](O)c2cc(F)cc(F)c2)ccc1-c1cnc(N)c(C(=O)NCCO)n1. The molecule has 0 aliphatic carbocycles. The monoisotopic (exact) mass is 457 g/mol. The molecule has 0 radical (unpaired) electrons. The van der Waals surface area contributed by atoms with Crippen molar-refractivity contribution in [1.29, 1.82) is 0 Å². The second kappa shape index (κ2) is 10.1. The van der Waals surface area contributed by atoms with Crippen molar-refractivity contribution in [2.45, 2.75) is 13.0 Å². The van der Waals surface area contributed by atoms with Gasteiger partial charge < -0.3 is 26.6 Å². The standard InChI is InChI=1S/C22H21F2N5O4/c1-11-6-15(28-22(33)19(31)12-7-13(23)9-14(24)8-12)2-3-16(11)17-10-27-20(25)18(29-17)21(32)26-4-5-30/h2-3,6-10,19,30-31H,4-5H2,1H3,(H2,25,27)(H,26,32)(H,28,33)/t19-/m1/s1. The summed E-state index contributed by atoms with van der Waals surface area (Å²) in [6.45, 7) is 1.52. The molecule has 0 aliphatic heterocycles. The second-order valence-electron chi connectivity index (χ2n) is 7.09. The number of nitrogens with two attached hydrogens (primary N) is 1. The van der Waals surface area contributed by atoms with Crippen LogP contribution in [0.4, 0.5) is 20.3 Å². The summed E-state index contributed by atoms with van der Waals surface area (Å²) in [5, 5.41) is 23.9. The lowest BCUT2D eigenvalue weighted by Crippen LogP contribution is -2.28. The Hall–Kier alpha value is -3.96. The summed E-state index contributed by atoms with van der Waals surface area (Å²) in [6, 6.07) is 7.12. The molecule has 0 spiro atoms. The maximum absolute atomic E-state index is 13.4. The zero-order valence-corrected chi connectivity index (χ0v) is 17.5. The molecule has 0 saturated heterocycles. The molecule has 0 saturated carbocycles. The molecule has 0 bridgehead atoms. The van der Waals surface area contributed by atoms with Crippen molar-refractivity contribution in [1.82, 2.24) is 15.3 Å². The summed E-state index contributed by atoms with van der Waals surface area (Å²) >= 11 is 0. The van der Waals surface area contributed by atoms with Crippen LogP contribution < -0.4 is 16.4 Å². The van der Waals surface area contributed by atoms with Gasteiger partial charge in [0, 0.05) is 23.9 Å². The smallest absolute Gasteiger partial charge is 0.273 e. The Bertz CT molecular complexity index is 1190. The first-order chi connectivity index (χ1) is 15.7. The Balaban J connectivity index is 1.80. The van der Waals surface area contributed by atoms with Gasteiger partial charge in [0.25, 0.3) is 11.8 Å². The molecule has 1 atom stereocenters. The lowest BCUT2D eigenvalue weighted by atomic mass is 10.0. The van der Waals surface area contributed by atoms with Crippen LogP contribution in [0, 0.1) is 18.6 Å². The third-order valence-corrected chi connectivity index (χ3v) is 4.63. The molecule has 3 aromatic rings. The Morgan fingerprint density at radius 3 is 2.48 bits per heavy atom. The van der Waals surface area contributed by atoms with Crippen LogP contribution in [0.3, 0.4) is 0 Å². The van der Waals surface area contributed by atoms with Crippen molar-refractivity contribution in [3.05, 3.63) is 71.1 Å². The predicted octanol–water partition coefficient (Wildman–Crippen LogP) is 1.71. The van der Waals surface area contributed by atoms with E-state index in [1.165, 1.54) is 12.3 Å². The van der Waals surface area contributed by atoms with Gasteiger partial charge in [-0.25, -0.2) is 18.7 Å². The van der Waals surface area contributed by atoms with E-state index in [0.29, 0.717) is 28.6 Å². The number of benzene rings is 2. The first kappa shape index (κ1) is 23.7. The topological polar surface area (TPSA) is 150 Å². The number of carbonyl (C=O) groups is 2. The number of aliphatic hydroxyl groups is 2. The van der Waals surface area contributed by atoms with E-state index in [1.807, 2.05) is 0 Å². The molecule has 0 aliphatic rings. The molecule has 2 aromatic carbocycles. The fourth-order valence-corrected chi connectivity index (χ4v) is 3.07. The van der Waals surface area contributed by atoms with E-state index in [4.69, 9.17) is 10.8 Å². The average Bonchev–Trinajstić information content (AvgIpc) is 2.77. The third kappa shape index (κ3) is 5.64. The number of halogens is 2. The first-order valence-electron chi connectivity index (χ1n) is 9.77. The van der Waals surface area contributed by atoms with Gasteiger partial charge in [-0.1, -0.05) is 6.07 Å². The molecule has 1 heterocycles. The van der Waals surface area contributed by atoms with Gasteiger partial charge in [-0.15, -0.1) is 0 Å². The van der Waals surface area contributed by atoms with Gasteiger partial charge in [-0.3, -0.25) is 9.59 Å². The van der Waals surface area contributed by atoms with Crippen LogP contribution in [-0.2, 0) is 4.79 Å². The van der Waals surface area contributed by atoms with Crippen LogP contribution >= 0.6 is 0 Å². The van der Waals surface area contributed by atoms with Crippen molar-refractivity contribution < 1.29 is 28.6 Å². The molecule has 172 valence electrons. The van der Waals surface area contributed by atoms with Gasteiger partial charge in [-0.2, -0.15) is 0 Å². The molecular formula is C22H21F2N5O4. The zero-order chi connectivity index (χ0) is 24.1. The van der Waals surface area contributed by atoms with Gasteiger partial charge in [0.15, 0.2) is 17.6 Å². The molecule has 1 aromatic heterocycles. The molecule has 6 N–H and O–H groups in total. The van der Waals surface area contributed by atoms with E-state index in [-0.39, 0.29) is 30.2 Å². The number of nitrogen functional groups attached to an aromatic ring is 1. The van der Waals surface area contributed by atoms with Crippen LogP contribution in [0.5, 0.6) is 0 Å². The summed E-state index contributed by atoms with van der Waals surface area (Å²) in [6.07, 6.45) is -0.390. The van der Waals surface area contributed by atoms with E-state index >= 15 is 0 Å². The van der Waals surface area contributed by atoms with Gasteiger partial charge >= 0.3 is 0 Å². The highest BCUT2D eigenvalue weighted by Crippen LogP contribution is 2.26. The van der Waals surface area contributed by atoms with Crippen molar-refractivity contribution in [3.63, 3.8) is 0 Å². The Labute approximate surface area is 187 Å². The number of aliphatic hydroxyl groups excluding tert-OH is 2. The Kier molecular flexibility index (Phi) is 7.26. The molecule has 0 unspecified atom stereocenters. The second-order valence-corrected chi connectivity index (χ2v) is 7.09. The van der Waals surface area contributed by atoms with E-state index in [0.717, 1.165) is 12.1 Å². The molecule has 3 rings (SSSR count). The van der Waals surface area contributed by atoms with E-state index in [1.54, 1.807) is 19.1 Å². The predicted molar refractivity (Wildman–Crippen MR) is 116 cm³/mol. The minimum Gasteiger partial charge on any atom is -0.395 e. The highest BCUT2D eigenvalue weighted by Gasteiger charge is 2.20. The molecule has 0 fully saturated rings. The van der Waals surface area contributed by atoms with Crippen LogP contribution in [0.25, 0.3) is 11.3 Å². The number of nitrogens with zero attached hydrogens (tertiary/aromatic N) is 2. The molecule has 2 amide bonds. The van der Waals surface area contributed by atoms with E-state index < -0.39 is 29.6 Å². The van der Waals surface area contributed by atoms with E-state index in [9.17, 15) is 23.5 Å². The summed E-state index contributed by atoms with van der Waals surface area (Å²) < 4.78 is 26.7. The Morgan fingerprint density at radius 1 is 1.15 bits per heavy atom. The normalized spacial score (nSPS) is 11.7. The lowest BCUT2D eigenvalue weighted by Gasteiger charge is -2.14. The van der Waals surface area contributed by atoms with Gasteiger partial charge in [0.2, 0.25) is 0 Å². The summed E-state index contributed by atoms with van der Waals surface area (Å²) in [7, 11) is 0. The largest absolute Gasteiger partial charge is 0.395 e. The van der Waals surface area contributed by atoms with Crippen molar-refractivity contribution in [2.24, 2.45) is 0 Å². The summed E-state index contributed by atoms with van der Waals surface area (Å²) in [4.78, 5) is 32.8. The van der Waals surface area contributed by atoms with Crippen molar-refractivity contribution in [2.75, 3.05) is 24.2 Å². The van der Waals surface area contributed by atoms with E-state index in [2.05, 4.69) is 20.6 Å². The van der Waals surface area contributed by atoms with Crippen LogP contribution in [0.1, 0.15) is 27.7 Å². The fourth-order valence-electron chi connectivity index (χ4n) is 3.07. The number of hydrogen-bond acceptors (Lipinski definition) is 7. The minimum atomic E-state index is -1.78. The number of nitrogens with one attached hydrogen (secondary N) is 2. The highest BCUT2D eigenvalue weighted by molar-refractivity contribution is 5.97. The van der Waals surface area contributed by atoms with Crippen molar-refractivity contribution >= 4 is 23.3 Å². The minimum absolute atomic E-state index is 0.0335. The van der Waals surface area contributed by atoms with Gasteiger partial charge in [-0.05, 0) is 42.3 Å². The van der Waals surface area contributed by atoms with Crippen LogP contribution in [-0.4, -0.2) is 45.1 Å². The number of aromatic nitrogens is 2. The quantitative estimate of drug-likeness (QED) is 0.362. The lowest BCUT2D eigenvalue weighted by molar-refractivity contribution is -0.124. The first-order valence-corrected chi connectivity index (χ1v) is 9.77. The number of aryl methyl sites for hydroxylation is 1. The molecule has 33 heavy (non-hydrogen) atoms. The van der Waals surface area contributed by atoms with Gasteiger partial charge in [0.1, 0.15) is 11.6 Å². The van der Waals surface area contributed by atoms with Gasteiger partial charge in [0.05, 0.1) is 18.5 Å². The summed E-state index contributed by atoms with van der Waals surface area (Å²) in [5.74, 6) is -3.35. The molecular weight excluding hydrogens is 436 g/mol. The average molecular weight is 457 g/mol. The summed E-state index contributed by atoms with van der Waals surface area (Å²) in [5.41, 5.74) is 7.35. The maximum Gasteiger partial charge on any atom is 0.273 e. The zero-order valence-electron chi connectivity index (χ0n) is 17.5. The number of anilines is 2. The number of hydrogen-bond donors (Lipinski definition) is 5. The highest BCUT2D eigenvalue weighted by atomic mass is 19.1. The van der Waals surface area contributed by atoms with Crippen LogP contribution in [0.15, 0.2) is 42.6 Å². The number of carbonyl (C=O) groups excluding carboxylic acids is 2. The Morgan fingerprint density at radius 2 is 1.85 bits per heavy atom. The molecule has 9 nitrogen and oxygen atoms in total. The molecule has 11 heteroatoms. The third-order valence-electron chi connectivity index (χ3n) is 4.63. The van der Waals surface area contributed by atoms with Crippen LogP contribution in [0.2, 0.25) is 0 Å². The number of rotatable bonds is 7. The maximum atomic E-state index is 13.4. The fraction of sp³-hybridized carbons (Fsp3) is 0.182.